The topological polar surface area (TPSA) is 72.0 Å². The van der Waals surface area contributed by atoms with E-state index in [1.807, 2.05) is 6.92 Å². The second-order valence-corrected chi connectivity index (χ2v) is 4.07. The fourth-order valence-electron chi connectivity index (χ4n) is 1.46. The van der Waals surface area contributed by atoms with Gasteiger partial charge < -0.3 is 20.1 Å². The summed E-state index contributed by atoms with van der Waals surface area (Å²) in [6, 6.07) is 0. The third-order valence-corrected chi connectivity index (χ3v) is 2.48. The molecule has 0 unspecified atom stereocenters. The highest BCUT2D eigenvalue weighted by atomic mass is 16.5. The molecule has 0 amide bonds. The Morgan fingerprint density at radius 3 is 2.58 bits per heavy atom. The molecule has 0 rings (SSSR count). The van der Waals surface area contributed by atoms with Gasteiger partial charge in [0.05, 0.1) is 13.7 Å². The fraction of sp³-hybridized carbons (Fsp3) is 0.846. The maximum Gasteiger partial charge on any atom is 0.305 e. The van der Waals surface area contributed by atoms with Crippen LogP contribution in [0.2, 0.25) is 0 Å². The number of rotatable bonds is 10. The molecule has 0 aromatic carbocycles. The van der Waals surface area contributed by atoms with Gasteiger partial charge in [-0.3, -0.25) is 9.79 Å². The first-order valence-electron chi connectivity index (χ1n) is 6.82. The van der Waals surface area contributed by atoms with E-state index in [1.54, 1.807) is 7.11 Å². The van der Waals surface area contributed by atoms with Gasteiger partial charge in [-0.15, -0.1) is 0 Å². The molecule has 0 aromatic rings. The van der Waals surface area contributed by atoms with Crippen molar-refractivity contribution in [2.75, 3.05) is 40.5 Å². The van der Waals surface area contributed by atoms with Gasteiger partial charge in [0.1, 0.15) is 0 Å². The van der Waals surface area contributed by atoms with Crippen LogP contribution in [0.15, 0.2) is 4.99 Å². The van der Waals surface area contributed by atoms with Gasteiger partial charge >= 0.3 is 5.97 Å². The van der Waals surface area contributed by atoms with E-state index in [9.17, 15) is 4.79 Å². The maximum atomic E-state index is 10.9. The van der Waals surface area contributed by atoms with Crippen LogP contribution >= 0.6 is 0 Å². The molecule has 6 nitrogen and oxygen atoms in total. The number of carbonyl (C=O) groups is 1. The molecule has 0 saturated carbocycles. The molecule has 0 saturated heterocycles. The number of ether oxygens (including phenoxy) is 2. The molecule has 0 fully saturated rings. The van der Waals surface area contributed by atoms with Crippen molar-refractivity contribution in [3.8, 4) is 0 Å². The Bertz CT molecular complexity index is 258. The van der Waals surface area contributed by atoms with Crippen LogP contribution in [-0.4, -0.2) is 52.4 Å². The van der Waals surface area contributed by atoms with Crippen molar-refractivity contribution < 1.29 is 14.3 Å². The Labute approximate surface area is 116 Å². The monoisotopic (exact) mass is 273 g/mol. The van der Waals surface area contributed by atoms with Crippen molar-refractivity contribution >= 4 is 11.9 Å². The quantitative estimate of drug-likeness (QED) is 0.268. The molecule has 0 spiro atoms. The Morgan fingerprint density at radius 1 is 1.16 bits per heavy atom. The predicted molar refractivity (Wildman–Crippen MR) is 76.3 cm³/mol. The van der Waals surface area contributed by atoms with Gasteiger partial charge in [-0.05, 0) is 19.8 Å². The van der Waals surface area contributed by atoms with Crippen molar-refractivity contribution in [1.82, 2.24) is 10.6 Å². The van der Waals surface area contributed by atoms with Gasteiger partial charge in [-0.25, -0.2) is 0 Å². The minimum Gasteiger partial charge on any atom is -0.469 e. The van der Waals surface area contributed by atoms with E-state index in [-0.39, 0.29) is 5.97 Å². The number of esters is 1. The molecule has 2 N–H and O–H groups in total. The third-order valence-electron chi connectivity index (χ3n) is 2.48. The molecule has 0 aliphatic heterocycles. The maximum absolute atomic E-state index is 10.9. The number of nitrogens with one attached hydrogen (secondary N) is 2. The zero-order valence-corrected chi connectivity index (χ0v) is 12.3. The largest absolute Gasteiger partial charge is 0.469 e. The van der Waals surface area contributed by atoms with Gasteiger partial charge in [0.2, 0.25) is 0 Å². The summed E-state index contributed by atoms with van der Waals surface area (Å²) in [6.45, 7) is 5.02. The van der Waals surface area contributed by atoms with Crippen molar-refractivity contribution in [1.29, 1.82) is 0 Å². The Hall–Kier alpha value is -1.30. The molecule has 0 heterocycles. The van der Waals surface area contributed by atoms with E-state index in [0.717, 1.165) is 44.9 Å². The third kappa shape index (κ3) is 11.5. The second-order valence-electron chi connectivity index (χ2n) is 4.07. The lowest BCUT2D eigenvalue weighted by Crippen LogP contribution is -2.39. The number of carbonyl (C=O) groups excluding carboxylic acids is 1. The summed E-state index contributed by atoms with van der Waals surface area (Å²) in [7, 11) is 3.09. The van der Waals surface area contributed by atoms with Gasteiger partial charge in [-0.1, -0.05) is 6.42 Å². The van der Waals surface area contributed by atoms with Crippen LogP contribution in [0.5, 0.6) is 0 Å². The van der Waals surface area contributed by atoms with Crippen LogP contribution in [0.4, 0.5) is 0 Å². The number of hydrogen-bond donors (Lipinski definition) is 2. The van der Waals surface area contributed by atoms with Gasteiger partial charge in [-0.2, -0.15) is 0 Å². The molecule has 0 aromatic heterocycles. The van der Waals surface area contributed by atoms with E-state index in [2.05, 4.69) is 20.4 Å². The fourth-order valence-corrected chi connectivity index (χ4v) is 1.46. The predicted octanol–water partition coefficient (Wildman–Crippen LogP) is 0.921. The van der Waals surface area contributed by atoms with E-state index in [0.29, 0.717) is 13.0 Å². The average molecular weight is 273 g/mol. The van der Waals surface area contributed by atoms with Crippen molar-refractivity contribution in [3.63, 3.8) is 0 Å². The standard InChI is InChI=1S/C13H27N3O3/c1-4-14-13(16-10-11-18-2)15-9-7-5-6-8-12(17)19-3/h4-11H2,1-3H3,(H2,14,15,16). The summed E-state index contributed by atoms with van der Waals surface area (Å²) in [5, 5.41) is 6.35. The van der Waals surface area contributed by atoms with Gasteiger partial charge in [0, 0.05) is 33.2 Å². The SMILES string of the molecule is CCNC(=NCCCCCC(=O)OC)NCCOC. The minimum absolute atomic E-state index is 0.141. The first-order chi connectivity index (χ1) is 9.24. The molecule has 0 aliphatic rings. The Balaban J connectivity index is 3.68. The van der Waals surface area contributed by atoms with Gasteiger partial charge in [0.15, 0.2) is 5.96 Å². The average Bonchev–Trinajstić information content (AvgIpc) is 2.42. The molecule has 0 atom stereocenters. The van der Waals surface area contributed by atoms with Crippen LogP contribution in [-0.2, 0) is 14.3 Å². The normalized spacial score (nSPS) is 11.2. The number of guanidine groups is 1. The number of nitrogens with zero attached hydrogens (tertiary/aromatic N) is 1. The molecule has 19 heavy (non-hydrogen) atoms. The van der Waals surface area contributed by atoms with Crippen LogP contribution in [0, 0.1) is 0 Å². The first kappa shape index (κ1) is 17.7. The summed E-state index contributed by atoms with van der Waals surface area (Å²) >= 11 is 0. The number of aliphatic imine (C=N–C) groups is 1. The van der Waals surface area contributed by atoms with Crippen LogP contribution in [0.3, 0.4) is 0 Å². The lowest BCUT2D eigenvalue weighted by Gasteiger charge is -2.10. The Kier molecular flexibility index (Phi) is 12.2. The number of methoxy groups -OCH3 is 2. The molecule has 6 heteroatoms. The molecule has 0 aliphatic carbocycles. The van der Waals surface area contributed by atoms with Crippen LogP contribution < -0.4 is 10.6 Å². The number of hydrogen-bond acceptors (Lipinski definition) is 4. The number of unbranched alkanes of at least 4 members (excludes halogenated alkanes) is 2. The molecular weight excluding hydrogens is 246 g/mol. The summed E-state index contributed by atoms with van der Waals surface area (Å²) in [5.41, 5.74) is 0. The van der Waals surface area contributed by atoms with Crippen molar-refractivity contribution in [2.24, 2.45) is 4.99 Å². The first-order valence-corrected chi connectivity index (χ1v) is 6.82. The van der Waals surface area contributed by atoms with Crippen molar-refractivity contribution in [3.05, 3.63) is 0 Å². The molecule has 0 radical (unpaired) electrons. The second kappa shape index (κ2) is 13.1. The summed E-state index contributed by atoms with van der Waals surface area (Å²) in [5.74, 6) is 0.672. The molecule has 112 valence electrons. The minimum atomic E-state index is -0.141. The highest BCUT2D eigenvalue weighted by Crippen LogP contribution is 2.01. The van der Waals surface area contributed by atoms with Crippen LogP contribution in [0.25, 0.3) is 0 Å². The summed E-state index contributed by atoms with van der Waals surface area (Å²) in [4.78, 5) is 15.3. The van der Waals surface area contributed by atoms with Crippen molar-refractivity contribution in [2.45, 2.75) is 32.6 Å². The van der Waals surface area contributed by atoms with E-state index >= 15 is 0 Å². The summed E-state index contributed by atoms with van der Waals surface area (Å²) in [6.07, 6.45) is 3.30. The lowest BCUT2D eigenvalue weighted by molar-refractivity contribution is -0.140. The van der Waals surface area contributed by atoms with E-state index < -0.39 is 0 Å². The highest BCUT2D eigenvalue weighted by molar-refractivity contribution is 5.79. The zero-order chi connectivity index (χ0) is 14.3. The smallest absolute Gasteiger partial charge is 0.305 e. The molecular formula is C13H27N3O3. The Morgan fingerprint density at radius 2 is 1.95 bits per heavy atom. The highest BCUT2D eigenvalue weighted by Gasteiger charge is 1.99. The zero-order valence-electron chi connectivity index (χ0n) is 12.3. The van der Waals surface area contributed by atoms with Crippen LogP contribution in [0.1, 0.15) is 32.6 Å². The van der Waals surface area contributed by atoms with Gasteiger partial charge in [0.25, 0.3) is 0 Å². The molecule has 0 bridgehead atoms. The van der Waals surface area contributed by atoms with E-state index in [4.69, 9.17) is 4.74 Å². The summed E-state index contributed by atoms with van der Waals surface area (Å²) < 4.78 is 9.56. The lowest BCUT2D eigenvalue weighted by atomic mass is 10.2. The van der Waals surface area contributed by atoms with E-state index in [1.165, 1.54) is 7.11 Å².